The van der Waals surface area contributed by atoms with Crippen LogP contribution in [-0.2, 0) is 11.3 Å². The fourth-order valence-electron chi connectivity index (χ4n) is 3.53. The van der Waals surface area contributed by atoms with Crippen molar-refractivity contribution in [2.45, 2.75) is 32.7 Å². The van der Waals surface area contributed by atoms with E-state index in [1.807, 2.05) is 24.4 Å². The second-order valence-electron chi connectivity index (χ2n) is 7.20. The molecule has 0 saturated heterocycles. The number of carbonyl (C=O) groups is 3. The van der Waals surface area contributed by atoms with E-state index in [4.69, 9.17) is 4.42 Å². The summed E-state index contributed by atoms with van der Waals surface area (Å²) >= 11 is 1.51. The van der Waals surface area contributed by atoms with Crippen molar-refractivity contribution in [3.63, 3.8) is 0 Å². The van der Waals surface area contributed by atoms with Crippen molar-refractivity contribution in [3.05, 3.63) is 58.8 Å². The Morgan fingerprint density at radius 2 is 1.84 bits per heavy atom. The lowest BCUT2D eigenvalue weighted by atomic mass is 10.1. The van der Waals surface area contributed by atoms with Gasteiger partial charge in [0, 0.05) is 19.5 Å². The first-order valence-corrected chi connectivity index (χ1v) is 11.1. The number of fused-ring (bicyclic) bond motifs is 1. The Balaban J connectivity index is 1.33. The van der Waals surface area contributed by atoms with Gasteiger partial charge in [-0.25, -0.2) is 0 Å². The van der Waals surface area contributed by atoms with Crippen LogP contribution in [0, 0.1) is 0 Å². The smallest absolute Gasteiger partial charge is 0.261 e. The average molecular weight is 439 g/mol. The zero-order chi connectivity index (χ0) is 21.8. The Morgan fingerprint density at radius 1 is 1.10 bits per heavy atom. The molecule has 0 aliphatic carbocycles. The third-order valence-corrected chi connectivity index (χ3v) is 5.88. The van der Waals surface area contributed by atoms with E-state index in [2.05, 4.69) is 10.2 Å². The minimum atomic E-state index is -0.301. The van der Waals surface area contributed by atoms with Gasteiger partial charge in [-0.1, -0.05) is 25.1 Å². The number of carbonyl (C=O) groups excluding carboxylic acids is 3. The Bertz CT molecular complexity index is 1060. The van der Waals surface area contributed by atoms with E-state index in [1.165, 1.54) is 16.2 Å². The zero-order valence-electron chi connectivity index (χ0n) is 17.1. The van der Waals surface area contributed by atoms with Crippen molar-refractivity contribution in [2.75, 3.05) is 13.1 Å². The highest BCUT2D eigenvalue weighted by atomic mass is 32.1. The molecule has 160 valence electrons. The highest BCUT2D eigenvalue weighted by molar-refractivity contribution is 7.13. The van der Waals surface area contributed by atoms with Crippen LogP contribution < -0.4 is 0 Å². The van der Waals surface area contributed by atoms with Crippen molar-refractivity contribution in [2.24, 2.45) is 0 Å². The maximum atomic E-state index is 12.8. The van der Waals surface area contributed by atoms with Crippen molar-refractivity contribution in [1.82, 2.24) is 20.0 Å². The Kier molecular flexibility index (Phi) is 6.22. The van der Waals surface area contributed by atoms with E-state index in [0.29, 0.717) is 35.9 Å². The van der Waals surface area contributed by atoms with Crippen molar-refractivity contribution < 1.29 is 18.8 Å². The van der Waals surface area contributed by atoms with Gasteiger partial charge in [0.1, 0.15) is 0 Å². The summed E-state index contributed by atoms with van der Waals surface area (Å²) in [7, 11) is 0. The number of imide groups is 1. The first-order chi connectivity index (χ1) is 15.1. The lowest BCUT2D eigenvalue weighted by Crippen LogP contribution is -2.34. The molecule has 1 aromatic carbocycles. The van der Waals surface area contributed by atoms with Crippen LogP contribution in [0.5, 0.6) is 0 Å². The molecule has 3 aromatic rings. The maximum absolute atomic E-state index is 12.8. The SMILES string of the molecule is CCCN(Cc1nnc(-c2cccs2)o1)C(=O)CCCN1C(=O)c2ccccc2C1=O. The molecule has 2 aromatic heterocycles. The van der Waals surface area contributed by atoms with E-state index >= 15 is 0 Å². The van der Waals surface area contributed by atoms with Gasteiger partial charge in [0.2, 0.25) is 11.8 Å². The molecule has 0 bridgehead atoms. The predicted octanol–water partition coefficient (Wildman–Crippen LogP) is 3.61. The van der Waals surface area contributed by atoms with Crippen LogP contribution in [0.25, 0.3) is 10.8 Å². The van der Waals surface area contributed by atoms with Crippen LogP contribution >= 0.6 is 11.3 Å². The van der Waals surface area contributed by atoms with Crippen LogP contribution in [0.2, 0.25) is 0 Å². The minimum absolute atomic E-state index is 0.0747. The fourth-order valence-corrected chi connectivity index (χ4v) is 4.18. The minimum Gasteiger partial charge on any atom is -0.418 e. The third kappa shape index (κ3) is 4.41. The lowest BCUT2D eigenvalue weighted by Gasteiger charge is -2.21. The summed E-state index contributed by atoms with van der Waals surface area (Å²) in [6, 6.07) is 10.6. The third-order valence-electron chi connectivity index (χ3n) is 5.02. The number of rotatable bonds is 9. The summed E-state index contributed by atoms with van der Waals surface area (Å²) < 4.78 is 5.70. The molecule has 3 heterocycles. The molecule has 4 rings (SSSR count). The van der Waals surface area contributed by atoms with E-state index in [-0.39, 0.29) is 37.2 Å². The number of hydrogen-bond acceptors (Lipinski definition) is 7. The molecule has 0 atom stereocenters. The summed E-state index contributed by atoms with van der Waals surface area (Å²) in [6.45, 7) is 2.99. The molecule has 8 nitrogen and oxygen atoms in total. The van der Waals surface area contributed by atoms with Gasteiger partial charge in [0.15, 0.2) is 0 Å². The van der Waals surface area contributed by atoms with Crippen LogP contribution in [0.4, 0.5) is 0 Å². The van der Waals surface area contributed by atoms with Gasteiger partial charge >= 0.3 is 0 Å². The molecule has 31 heavy (non-hydrogen) atoms. The van der Waals surface area contributed by atoms with Crippen molar-refractivity contribution in [3.8, 4) is 10.8 Å². The summed E-state index contributed by atoms with van der Waals surface area (Å²) in [5, 5.41) is 10.0. The van der Waals surface area contributed by atoms with Crippen molar-refractivity contribution >= 4 is 29.1 Å². The standard InChI is InChI=1S/C22H22N4O4S/c1-2-11-25(14-18-23-24-20(30-18)17-9-6-13-31-17)19(27)10-5-12-26-21(28)15-7-3-4-8-16(15)22(26)29/h3-4,6-9,13H,2,5,10-12,14H2,1H3. The molecule has 0 saturated carbocycles. The van der Waals surface area contributed by atoms with Gasteiger partial charge in [-0.3, -0.25) is 19.3 Å². The number of hydrogen-bond donors (Lipinski definition) is 0. The van der Waals surface area contributed by atoms with Crippen molar-refractivity contribution in [1.29, 1.82) is 0 Å². The highest BCUT2D eigenvalue weighted by Gasteiger charge is 2.34. The monoisotopic (exact) mass is 438 g/mol. The second-order valence-corrected chi connectivity index (χ2v) is 8.15. The zero-order valence-corrected chi connectivity index (χ0v) is 17.9. The van der Waals surface area contributed by atoms with Crippen LogP contribution in [0.15, 0.2) is 46.2 Å². The molecular weight excluding hydrogens is 416 g/mol. The number of nitrogens with zero attached hydrogens (tertiary/aromatic N) is 4. The van der Waals surface area contributed by atoms with Crippen LogP contribution in [0.1, 0.15) is 52.8 Å². The topological polar surface area (TPSA) is 96.6 Å². The number of thiophene rings is 1. The summed E-state index contributed by atoms with van der Waals surface area (Å²) in [6.07, 6.45) is 1.41. The van der Waals surface area contributed by atoms with E-state index in [1.54, 1.807) is 29.2 Å². The van der Waals surface area contributed by atoms with Gasteiger partial charge in [-0.15, -0.1) is 21.5 Å². The van der Waals surface area contributed by atoms with Gasteiger partial charge in [0.05, 0.1) is 22.5 Å². The molecule has 1 aliphatic heterocycles. The van der Waals surface area contributed by atoms with Gasteiger partial charge in [0.25, 0.3) is 17.7 Å². The average Bonchev–Trinajstić information content (AvgIpc) is 3.51. The summed E-state index contributed by atoms with van der Waals surface area (Å²) in [5.74, 6) is 0.148. The normalized spacial score (nSPS) is 13.0. The van der Waals surface area contributed by atoms with Crippen LogP contribution in [-0.4, -0.2) is 50.8 Å². The Hall–Kier alpha value is -3.33. The van der Waals surface area contributed by atoms with E-state index in [9.17, 15) is 14.4 Å². The molecular formula is C22H22N4O4S. The van der Waals surface area contributed by atoms with Gasteiger partial charge < -0.3 is 9.32 Å². The van der Waals surface area contributed by atoms with Gasteiger partial charge in [-0.2, -0.15) is 0 Å². The van der Waals surface area contributed by atoms with E-state index in [0.717, 1.165) is 11.3 Å². The first-order valence-electron chi connectivity index (χ1n) is 10.2. The lowest BCUT2D eigenvalue weighted by molar-refractivity contribution is -0.132. The number of amides is 3. The summed E-state index contributed by atoms with van der Waals surface area (Å²) in [4.78, 5) is 41.4. The highest BCUT2D eigenvalue weighted by Crippen LogP contribution is 2.24. The molecule has 9 heteroatoms. The molecule has 0 N–H and O–H groups in total. The van der Waals surface area contributed by atoms with Crippen LogP contribution in [0.3, 0.4) is 0 Å². The summed E-state index contributed by atoms with van der Waals surface area (Å²) in [5.41, 5.74) is 0.841. The quantitative estimate of drug-likeness (QED) is 0.474. The Morgan fingerprint density at radius 3 is 2.48 bits per heavy atom. The molecule has 3 amide bonds. The predicted molar refractivity (Wildman–Crippen MR) is 114 cm³/mol. The number of benzene rings is 1. The number of aromatic nitrogens is 2. The maximum Gasteiger partial charge on any atom is 0.261 e. The largest absolute Gasteiger partial charge is 0.418 e. The first kappa shape index (κ1) is 20.9. The molecule has 0 spiro atoms. The fraction of sp³-hybridized carbons (Fsp3) is 0.318. The van der Waals surface area contributed by atoms with Gasteiger partial charge in [-0.05, 0) is 36.4 Å². The molecule has 0 unspecified atom stereocenters. The second kappa shape index (κ2) is 9.22. The van der Waals surface area contributed by atoms with E-state index < -0.39 is 0 Å². The Labute approximate surface area is 183 Å². The molecule has 0 radical (unpaired) electrons. The molecule has 0 fully saturated rings. The molecule has 1 aliphatic rings.